The van der Waals surface area contributed by atoms with Crippen molar-refractivity contribution in [3.8, 4) is 5.88 Å². The zero-order valence-electron chi connectivity index (χ0n) is 12.2. The van der Waals surface area contributed by atoms with Gasteiger partial charge in [-0.25, -0.2) is 15.1 Å². The minimum absolute atomic E-state index is 0.259. The lowest BCUT2D eigenvalue weighted by molar-refractivity contribution is -0.0369. The average molecular weight is 344 g/mol. The molecule has 0 aromatic carbocycles. The third kappa shape index (κ3) is 3.28. The maximum atomic E-state index is 10.8. The second-order valence-corrected chi connectivity index (χ2v) is 6.27. The van der Waals surface area contributed by atoms with Gasteiger partial charge in [0.2, 0.25) is 5.88 Å². The number of rotatable bonds is 5. The molecule has 3 rings (SSSR count). The number of nitrogens with two attached hydrogens (primary N) is 1. The van der Waals surface area contributed by atoms with Gasteiger partial charge in [0, 0.05) is 12.6 Å². The lowest BCUT2D eigenvalue weighted by Gasteiger charge is -2.15. The van der Waals surface area contributed by atoms with Gasteiger partial charge in [0.1, 0.15) is 24.3 Å². The van der Waals surface area contributed by atoms with Crippen LogP contribution < -0.4 is 9.88 Å². The fraction of sp³-hybridized carbons (Fsp3) is 0.500. The van der Waals surface area contributed by atoms with E-state index in [1.807, 2.05) is 0 Å². The van der Waals surface area contributed by atoms with Crippen molar-refractivity contribution in [1.82, 2.24) is 14.5 Å². The van der Waals surface area contributed by atoms with Gasteiger partial charge in [0.25, 0.3) is 0 Å². The smallest absolute Gasteiger partial charge is 0.333 e. The molecule has 11 heteroatoms. The molecule has 0 amide bonds. The van der Waals surface area contributed by atoms with E-state index in [1.165, 1.54) is 13.4 Å². The van der Waals surface area contributed by atoms with E-state index in [2.05, 4.69) is 14.2 Å². The number of methoxy groups -OCH3 is 1. The van der Waals surface area contributed by atoms with E-state index < -0.39 is 28.7 Å². The van der Waals surface area contributed by atoms with Gasteiger partial charge in [-0.15, -0.1) is 0 Å². The van der Waals surface area contributed by atoms with E-state index in [-0.39, 0.29) is 13.0 Å². The second-order valence-electron chi connectivity index (χ2n) is 5.05. The monoisotopic (exact) mass is 344 g/mol. The summed E-state index contributed by atoms with van der Waals surface area (Å²) in [7, 11) is -2.58. The van der Waals surface area contributed by atoms with E-state index in [1.54, 1.807) is 16.8 Å². The highest BCUT2D eigenvalue weighted by atomic mass is 32.2. The largest absolute Gasteiger partial charge is 0.480 e. The molecule has 1 saturated heterocycles. The Bertz CT molecular complexity index is 807. The maximum absolute atomic E-state index is 10.8. The van der Waals surface area contributed by atoms with Crippen molar-refractivity contribution in [3.63, 3.8) is 0 Å². The van der Waals surface area contributed by atoms with Crippen LogP contribution in [0.15, 0.2) is 18.6 Å². The summed E-state index contributed by atoms with van der Waals surface area (Å²) in [6.07, 6.45) is 1.15. The zero-order chi connectivity index (χ0) is 16.6. The van der Waals surface area contributed by atoms with Gasteiger partial charge in [0.15, 0.2) is 0 Å². The third-order valence-corrected chi connectivity index (χ3v) is 4.04. The predicted molar refractivity (Wildman–Crippen MR) is 77.7 cm³/mol. The number of hydrogen-bond acceptors (Lipinski definition) is 8. The Hall–Kier alpha value is -1.79. The highest BCUT2D eigenvalue weighted by Gasteiger charge is 2.36. The molecular formula is C12H16N4O6S. The van der Waals surface area contributed by atoms with Crippen molar-refractivity contribution >= 4 is 21.3 Å². The van der Waals surface area contributed by atoms with Crippen molar-refractivity contribution in [3.05, 3.63) is 18.6 Å². The maximum Gasteiger partial charge on any atom is 0.333 e. The molecule has 126 valence electrons. The number of aliphatic hydroxyl groups excluding tert-OH is 1. The standard InChI is InChI=1S/C12H16N4O6S/c1-20-12-7-2-3-16(11(7)14-6-15-12)10-4-8(17)9(22-10)5-21-23(13,18)19/h2-3,6,8-10,17H,4-5H2,1H3,(H2,13,18,19)/t8-,9+,10+/m0/s1. The average Bonchev–Trinajstić information content (AvgIpc) is 3.07. The fourth-order valence-electron chi connectivity index (χ4n) is 2.54. The molecule has 1 fully saturated rings. The molecule has 3 N–H and O–H groups in total. The Kier molecular flexibility index (Phi) is 4.21. The molecule has 2 aromatic heterocycles. The quantitative estimate of drug-likeness (QED) is 0.726. The summed E-state index contributed by atoms with van der Waals surface area (Å²) in [5.41, 5.74) is 0.585. The first-order valence-electron chi connectivity index (χ1n) is 6.75. The van der Waals surface area contributed by atoms with Crippen molar-refractivity contribution in [1.29, 1.82) is 0 Å². The van der Waals surface area contributed by atoms with Crippen LogP contribution in [0.1, 0.15) is 12.6 Å². The van der Waals surface area contributed by atoms with Gasteiger partial charge in [-0.1, -0.05) is 0 Å². The number of fused-ring (bicyclic) bond motifs is 1. The molecule has 0 aliphatic carbocycles. The molecular weight excluding hydrogens is 328 g/mol. The third-order valence-electron chi connectivity index (χ3n) is 3.58. The lowest BCUT2D eigenvalue weighted by Crippen LogP contribution is -2.30. The van der Waals surface area contributed by atoms with E-state index in [4.69, 9.17) is 14.6 Å². The molecule has 0 spiro atoms. The number of hydrogen-bond donors (Lipinski definition) is 2. The summed E-state index contributed by atoms with van der Waals surface area (Å²) >= 11 is 0. The van der Waals surface area contributed by atoms with Crippen LogP contribution in [0.2, 0.25) is 0 Å². The zero-order valence-corrected chi connectivity index (χ0v) is 13.0. The molecule has 2 aromatic rings. The number of aliphatic hydroxyl groups is 1. The van der Waals surface area contributed by atoms with Crippen LogP contribution in [-0.4, -0.2) is 54.0 Å². The molecule has 0 radical (unpaired) electrons. The summed E-state index contributed by atoms with van der Waals surface area (Å²) < 4.78 is 38.7. The summed E-state index contributed by atoms with van der Waals surface area (Å²) in [5.74, 6) is 0.432. The predicted octanol–water partition coefficient (Wildman–Crippen LogP) is -0.692. The molecule has 3 heterocycles. The number of aromatic nitrogens is 3. The first kappa shape index (κ1) is 16.1. The highest BCUT2D eigenvalue weighted by molar-refractivity contribution is 7.84. The molecule has 0 unspecified atom stereocenters. The van der Waals surface area contributed by atoms with Crippen LogP contribution in [0.5, 0.6) is 5.88 Å². The van der Waals surface area contributed by atoms with E-state index in [0.717, 1.165) is 0 Å². The Morgan fingerprint density at radius 2 is 2.30 bits per heavy atom. The molecule has 23 heavy (non-hydrogen) atoms. The van der Waals surface area contributed by atoms with Crippen LogP contribution in [0.3, 0.4) is 0 Å². The topological polar surface area (TPSA) is 139 Å². The Labute approximate surface area is 132 Å². The molecule has 10 nitrogen and oxygen atoms in total. The normalized spacial score (nSPS) is 25.1. The van der Waals surface area contributed by atoms with Gasteiger partial charge in [0.05, 0.1) is 25.2 Å². The van der Waals surface area contributed by atoms with Gasteiger partial charge in [-0.3, -0.25) is 4.18 Å². The summed E-state index contributed by atoms with van der Waals surface area (Å²) in [4.78, 5) is 8.21. The van der Waals surface area contributed by atoms with Gasteiger partial charge >= 0.3 is 10.3 Å². The first-order valence-corrected chi connectivity index (χ1v) is 8.22. The Morgan fingerprint density at radius 3 is 3.00 bits per heavy atom. The van der Waals surface area contributed by atoms with Crippen LogP contribution in [-0.2, 0) is 19.2 Å². The van der Waals surface area contributed by atoms with Gasteiger partial charge in [-0.2, -0.15) is 8.42 Å². The first-order chi connectivity index (χ1) is 10.9. The van der Waals surface area contributed by atoms with Gasteiger partial charge in [-0.05, 0) is 6.07 Å². The van der Waals surface area contributed by atoms with E-state index >= 15 is 0 Å². The summed E-state index contributed by atoms with van der Waals surface area (Å²) in [6.45, 7) is -0.353. The minimum Gasteiger partial charge on any atom is -0.480 e. The van der Waals surface area contributed by atoms with Gasteiger partial charge < -0.3 is 19.1 Å². The molecule has 1 aliphatic heterocycles. The summed E-state index contributed by atoms with van der Waals surface area (Å²) in [6, 6.07) is 1.78. The Morgan fingerprint density at radius 1 is 1.52 bits per heavy atom. The lowest BCUT2D eigenvalue weighted by atomic mass is 10.2. The van der Waals surface area contributed by atoms with Crippen molar-refractivity contribution in [2.45, 2.75) is 24.9 Å². The SMILES string of the molecule is COc1ncnc2c1ccn2[C@H]1C[C@H](O)[C@@H](COS(N)(=O)=O)O1. The summed E-state index contributed by atoms with van der Waals surface area (Å²) in [5, 5.41) is 15.5. The van der Waals surface area contributed by atoms with Crippen molar-refractivity contribution in [2.24, 2.45) is 5.14 Å². The van der Waals surface area contributed by atoms with Crippen LogP contribution in [0.25, 0.3) is 11.0 Å². The van der Waals surface area contributed by atoms with Crippen LogP contribution in [0, 0.1) is 0 Å². The van der Waals surface area contributed by atoms with Crippen molar-refractivity contribution in [2.75, 3.05) is 13.7 Å². The second kappa shape index (κ2) is 6.02. The molecule has 0 saturated carbocycles. The highest BCUT2D eigenvalue weighted by Crippen LogP contribution is 2.33. The van der Waals surface area contributed by atoms with E-state index in [9.17, 15) is 13.5 Å². The molecule has 0 bridgehead atoms. The van der Waals surface area contributed by atoms with E-state index in [0.29, 0.717) is 16.9 Å². The van der Waals surface area contributed by atoms with Crippen LogP contribution >= 0.6 is 0 Å². The minimum atomic E-state index is -4.09. The Balaban J connectivity index is 1.81. The molecule has 3 atom stereocenters. The number of nitrogens with zero attached hydrogens (tertiary/aromatic N) is 3. The molecule has 1 aliphatic rings. The van der Waals surface area contributed by atoms with Crippen LogP contribution in [0.4, 0.5) is 0 Å². The number of ether oxygens (including phenoxy) is 2. The van der Waals surface area contributed by atoms with Crippen molar-refractivity contribution < 1.29 is 27.2 Å². The fourth-order valence-corrected chi connectivity index (χ4v) is 2.86.